The molecule has 12 heavy (non-hydrogen) atoms. The summed E-state index contributed by atoms with van der Waals surface area (Å²) in [6, 6.07) is 0. The van der Waals surface area contributed by atoms with Crippen LogP contribution in [-0.4, -0.2) is 6.21 Å². The molecule has 1 heteroatoms. The molecule has 0 aromatic heterocycles. The van der Waals surface area contributed by atoms with Crippen LogP contribution in [-0.2, 0) is 0 Å². The Morgan fingerprint density at radius 1 is 1.17 bits per heavy atom. The summed E-state index contributed by atoms with van der Waals surface area (Å²) in [6.07, 6.45) is 7.87. The Morgan fingerprint density at radius 2 is 1.75 bits per heavy atom. The van der Waals surface area contributed by atoms with Gasteiger partial charge in [-0.1, -0.05) is 32.9 Å². The zero-order valence-electron chi connectivity index (χ0n) is 8.76. The number of allylic oxidation sites excluding steroid dienone is 3. The maximum atomic E-state index is 4.12. The highest BCUT2D eigenvalue weighted by Crippen LogP contribution is 2.25. The van der Waals surface area contributed by atoms with Crippen LogP contribution in [0.1, 0.15) is 34.6 Å². The molecule has 0 amide bonds. The molecule has 0 aromatic carbocycles. The Balaban J connectivity index is 4.67. The molecule has 0 aliphatic rings. The first-order valence-corrected chi connectivity index (χ1v) is 4.33. The van der Waals surface area contributed by atoms with Gasteiger partial charge in [-0.15, -0.1) is 0 Å². The van der Waals surface area contributed by atoms with E-state index in [0.29, 0.717) is 0 Å². The third kappa shape index (κ3) is 4.12. The molecule has 0 saturated heterocycles. The first kappa shape index (κ1) is 11.2. The fourth-order valence-corrected chi connectivity index (χ4v) is 0.821. The minimum absolute atomic E-state index is 0.180. The van der Waals surface area contributed by atoms with Gasteiger partial charge in [0.1, 0.15) is 0 Å². The van der Waals surface area contributed by atoms with Crippen molar-refractivity contribution in [3.63, 3.8) is 0 Å². The lowest BCUT2D eigenvalue weighted by molar-refractivity contribution is 0.516. The number of hydrogen-bond acceptors (Lipinski definition) is 1. The zero-order chi connectivity index (χ0) is 9.61. The molecular formula is C11H19N. The highest BCUT2D eigenvalue weighted by atomic mass is 14.7. The van der Waals surface area contributed by atoms with Gasteiger partial charge in [-0.05, 0) is 24.8 Å². The molecule has 0 radical (unpaired) electrons. The van der Waals surface area contributed by atoms with E-state index in [1.807, 2.05) is 26.1 Å². The predicted octanol–water partition coefficient (Wildman–Crippen LogP) is 3.58. The molecule has 0 N–H and O–H groups in total. The lowest BCUT2D eigenvalue weighted by Crippen LogP contribution is -2.07. The minimum atomic E-state index is 0.180. The number of nitrogens with zero attached hydrogens (tertiary/aromatic N) is 1. The smallest absolute Gasteiger partial charge is 0.0301 e. The fraction of sp³-hybridized carbons (Fsp3) is 0.545. The lowest BCUT2D eigenvalue weighted by Gasteiger charge is -2.19. The van der Waals surface area contributed by atoms with Crippen LogP contribution in [0.25, 0.3) is 0 Å². The molecule has 0 rings (SSSR count). The molecule has 0 aliphatic carbocycles. The third-order valence-electron chi connectivity index (χ3n) is 1.57. The molecule has 0 fully saturated rings. The molecule has 0 heterocycles. The van der Waals surface area contributed by atoms with Gasteiger partial charge in [0.2, 0.25) is 0 Å². The van der Waals surface area contributed by atoms with Crippen LogP contribution >= 0.6 is 0 Å². The number of aliphatic imine (C=N–C) groups is 1. The lowest BCUT2D eigenvalue weighted by atomic mass is 9.87. The van der Waals surface area contributed by atoms with Crippen molar-refractivity contribution in [2.45, 2.75) is 34.6 Å². The second kappa shape index (κ2) is 4.91. The first-order chi connectivity index (χ1) is 5.52. The molecule has 0 saturated carbocycles. The van der Waals surface area contributed by atoms with E-state index < -0.39 is 0 Å². The summed E-state index contributed by atoms with van der Waals surface area (Å²) in [5.74, 6) is 0. The van der Waals surface area contributed by atoms with E-state index in [-0.39, 0.29) is 5.41 Å². The van der Waals surface area contributed by atoms with Crippen molar-refractivity contribution in [1.82, 2.24) is 0 Å². The Kier molecular flexibility index (Phi) is 4.57. The van der Waals surface area contributed by atoms with E-state index in [1.54, 1.807) is 6.21 Å². The summed E-state index contributed by atoms with van der Waals surface area (Å²) >= 11 is 0. The third-order valence-corrected chi connectivity index (χ3v) is 1.57. The van der Waals surface area contributed by atoms with Crippen molar-refractivity contribution in [2.24, 2.45) is 10.4 Å². The molecule has 0 spiro atoms. The standard InChI is InChI=1S/C11H19N/c1-6-8-10(9-12-7-2)11(3,4)5/h6-9H,1-5H3/b8-6-,10-9+,12-7-. The second-order valence-corrected chi connectivity index (χ2v) is 3.74. The van der Waals surface area contributed by atoms with Crippen LogP contribution in [0.3, 0.4) is 0 Å². The monoisotopic (exact) mass is 165 g/mol. The van der Waals surface area contributed by atoms with Gasteiger partial charge >= 0.3 is 0 Å². The van der Waals surface area contributed by atoms with Crippen molar-refractivity contribution in [1.29, 1.82) is 0 Å². The van der Waals surface area contributed by atoms with Gasteiger partial charge in [0.25, 0.3) is 0 Å². The average molecular weight is 165 g/mol. The van der Waals surface area contributed by atoms with E-state index in [2.05, 4.69) is 31.8 Å². The Bertz CT molecular complexity index is 202. The largest absolute Gasteiger partial charge is 0.269 e. The topological polar surface area (TPSA) is 12.4 Å². The van der Waals surface area contributed by atoms with Crippen LogP contribution < -0.4 is 0 Å². The van der Waals surface area contributed by atoms with Gasteiger partial charge in [-0.2, -0.15) is 0 Å². The van der Waals surface area contributed by atoms with Crippen LogP contribution in [0.15, 0.2) is 28.9 Å². The zero-order valence-corrected chi connectivity index (χ0v) is 8.76. The van der Waals surface area contributed by atoms with Gasteiger partial charge < -0.3 is 0 Å². The van der Waals surface area contributed by atoms with E-state index in [0.717, 1.165) is 0 Å². The second-order valence-electron chi connectivity index (χ2n) is 3.74. The summed E-state index contributed by atoms with van der Waals surface area (Å²) in [5.41, 5.74) is 1.43. The van der Waals surface area contributed by atoms with Crippen molar-refractivity contribution in [3.8, 4) is 0 Å². The quantitative estimate of drug-likeness (QED) is 0.438. The SMILES string of the molecule is C\C=C/C(=C\N=C/C)C(C)(C)C. The van der Waals surface area contributed by atoms with Crippen LogP contribution in [0.5, 0.6) is 0 Å². The van der Waals surface area contributed by atoms with Gasteiger partial charge in [-0.3, -0.25) is 4.99 Å². The molecule has 0 aliphatic heterocycles. The predicted molar refractivity (Wildman–Crippen MR) is 56.5 cm³/mol. The van der Waals surface area contributed by atoms with E-state index in [4.69, 9.17) is 0 Å². The van der Waals surface area contributed by atoms with Gasteiger partial charge in [0, 0.05) is 12.4 Å². The average Bonchev–Trinajstić information content (AvgIpc) is 1.95. The summed E-state index contributed by atoms with van der Waals surface area (Å²) in [5, 5.41) is 0. The fourth-order valence-electron chi connectivity index (χ4n) is 0.821. The highest BCUT2D eigenvalue weighted by Gasteiger charge is 2.13. The van der Waals surface area contributed by atoms with Gasteiger partial charge in [0.05, 0.1) is 0 Å². The normalized spacial score (nSPS) is 14.9. The summed E-state index contributed by atoms with van der Waals surface area (Å²) in [7, 11) is 0. The van der Waals surface area contributed by atoms with E-state index in [1.165, 1.54) is 5.57 Å². The molecular weight excluding hydrogens is 146 g/mol. The Labute approximate surface area is 75.9 Å². The summed E-state index contributed by atoms with van der Waals surface area (Å²) in [4.78, 5) is 4.12. The van der Waals surface area contributed by atoms with E-state index >= 15 is 0 Å². The minimum Gasteiger partial charge on any atom is -0.269 e. The molecule has 0 atom stereocenters. The van der Waals surface area contributed by atoms with Crippen LogP contribution in [0.2, 0.25) is 0 Å². The van der Waals surface area contributed by atoms with E-state index in [9.17, 15) is 0 Å². The molecule has 0 unspecified atom stereocenters. The molecule has 1 nitrogen and oxygen atoms in total. The van der Waals surface area contributed by atoms with Gasteiger partial charge in [0.15, 0.2) is 0 Å². The van der Waals surface area contributed by atoms with Crippen molar-refractivity contribution >= 4 is 6.21 Å². The first-order valence-electron chi connectivity index (χ1n) is 4.33. The number of rotatable bonds is 2. The Hall–Kier alpha value is -0.850. The van der Waals surface area contributed by atoms with Crippen molar-refractivity contribution < 1.29 is 0 Å². The van der Waals surface area contributed by atoms with Crippen LogP contribution in [0.4, 0.5) is 0 Å². The van der Waals surface area contributed by atoms with Crippen molar-refractivity contribution in [2.75, 3.05) is 0 Å². The summed E-state index contributed by atoms with van der Waals surface area (Å²) in [6.45, 7) is 10.5. The Morgan fingerprint density at radius 3 is 2.08 bits per heavy atom. The number of hydrogen-bond donors (Lipinski definition) is 0. The molecule has 0 aromatic rings. The maximum Gasteiger partial charge on any atom is 0.0301 e. The van der Waals surface area contributed by atoms with Gasteiger partial charge in [-0.25, -0.2) is 0 Å². The maximum absolute atomic E-state index is 4.12. The van der Waals surface area contributed by atoms with Crippen molar-refractivity contribution in [3.05, 3.63) is 23.9 Å². The molecule has 68 valence electrons. The van der Waals surface area contributed by atoms with Crippen LogP contribution in [0, 0.1) is 5.41 Å². The molecule has 0 bridgehead atoms. The summed E-state index contributed by atoms with van der Waals surface area (Å²) < 4.78 is 0. The highest BCUT2D eigenvalue weighted by molar-refractivity contribution is 5.54.